The lowest BCUT2D eigenvalue weighted by atomic mass is 10.2. The molecule has 1 aliphatic carbocycles. The second kappa shape index (κ2) is 7.34. The van der Waals surface area contributed by atoms with E-state index < -0.39 is 17.6 Å². The van der Waals surface area contributed by atoms with E-state index in [-0.39, 0.29) is 11.7 Å². The molecule has 0 saturated heterocycles. The summed E-state index contributed by atoms with van der Waals surface area (Å²) < 4.78 is 54.2. The van der Waals surface area contributed by atoms with Crippen LogP contribution in [0.15, 0.2) is 54.6 Å². The molecule has 32 heavy (non-hydrogen) atoms. The van der Waals surface area contributed by atoms with Gasteiger partial charge in [0.15, 0.2) is 0 Å². The summed E-state index contributed by atoms with van der Waals surface area (Å²) in [6.07, 6.45) is -2.51. The van der Waals surface area contributed by atoms with Crippen molar-refractivity contribution in [3.8, 4) is 11.9 Å². The zero-order valence-electron chi connectivity index (χ0n) is 16.5. The highest BCUT2D eigenvalue weighted by Gasteiger charge is 2.31. The number of hydrogen-bond acceptors (Lipinski definition) is 4. The van der Waals surface area contributed by atoms with E-state index in [4.69, 9.17) is 0 Å². The number of hydrogen-bond donors (Lipinski definition) is 1. The number of nitrogens with zero attached hydrogens (tertiary/aromatic N) is 4. The number of alkyl halides is 3. The summed E-state index contributed by atoms with van der Waals surface area (Å²) in [5.41, 5.74) is 1.08. The number of fused-ring (bicyclic) bond motifs is 1. The number of pyridine rings is 1. The fraction of sp³-hybridized carbons (Fsp3) is 0.174. The van der Waals surface area contributed by atoms with Gasteiger partial charge in [0.1, 0.15) is 23.3 Å². The molecule has 1 saturated carbocycles. The van der Waals surface area contributed by atoms with Crippen LogP contribution in [0.2, 0.25) is 0 Å². The molecule has 0 spiro atoms. The number of anilines is 2. The summed E-state index contributed by atoms with van der Waals surface area (Å²) in [4.78, 5) is 9.20. The number of aromatic nitrogens is 3. The molecule has 4 aromatic rings. The molecule has 2 aromatic carbocycles. The quantitative estimate of drug-likeness (QED) is 0.394. The van der Waals surface area contributed by atoms with Gasteiger partial charge in [-0.2, -0.15) is 18.4 Å². The molecule has 5 nitrogen and oxygen atoms in total. The van der Waals surface area contributed by atoms with Crippen LogP contribution in [0.3, 0.4) is 0 Å². The van der Waals surface area contributed by atoms with E-state index in [1.54, 1.807) is 16.7 Å². The van der Waals surface area contributed by atoms with Gasteiger partial charge in [0, 0.05) is 17.7 Å². The Kier molecular flexibility index (Phi) is 4.59. The predicted molar refractivity (Wildman–Crippen MR) is 110 cm³/mol. The molecule has 5 rings (SSSR count). The van der Waals surface area contributed by atoms with Crippen LogP contribution in [-0.4, -0.2) is 14.5 Å². The zero-order valence-corrected chi connectivity index (χ0v) is 16.5. The average Bonchev–Trinajstić information content (AvgIpc) is 3.54. The summed E-state index contributed by atoms with van der Waals surface area (Å²) in [6.45, 7) is 0. The van der Waals surface area contributed by atoms with Gasteiger partial charge in [0.05, 0.1) is 28.2 Å². The maximum Gasteiger partial charge on any atom is 0.416 e. The Labute approximate surface area is 180 Å². The molecule has 9 heteroatoms. The van der Waals surface area contributed by atoms with Gasteiger partial charge in [-0.1, -0.05) is 0 Å². The highest BCUT2D eigenvalue weighted by atomic mass is 19.4. The second-order valence-corrected chi connectivity index (χ2v) is 7.62. The largest absolute Gasteiger partial charge is 0.416 e. The molecule has 0 bridgehead atoms. The lowest BCUT2D eigenvalue weighted by molar-refractivity contribution is -0.137. The van der Waals surface area contributed by atoms with Crippen LogP contribution in [-0.2, 0) is 6.18 Å². The highest BCUT2D eigenvalue weighted by molar-refractivity contribution is 5.78. The van der Waals surface area contributed by atoms with Crippen molar-refractivity contribution >= 4 is 22.5 Å². The summed E-state index contributed by atoms with van der Waals surface area (Å²) in [7, 11) is 0. The maximum absolute atomic E-state index is 14.0. The first kappa shape index (κ1) is 20.0. The van der Waals surface area contributed by atoms with Crippen molar-refractivity contribution in [3.63, 3.8) is 0 Å². The third kappa shape index (κ3) is 3.75. The molecule has 0 aliphatic heterocycles. The number of rotatable bonds is 4. The monoisotopic (exact) mass is 437 g/mol. The standard InChI is InChI=1S/C23H15F4N5/c24-16-5-8-18-19(11-16)32(22(30-18)14-1-2-14)21-10-13(12-28)9-20(31-21)29-17-6-3-15(4-7-17)23(25,26)27/h3-11,14H,1-2H2,(H,29,31). The van der Waals surface area contributed by atoms with Gasteiger partial charge in [-0.25, -0.2) is 14.4 Å². The Morgan fingerprint density at radius 3 is 2.41 bits per heavy atom. The topological polar surface area (TPSA) is 66.5 Å². The van der Waals surface area contributed by atoms with Gasteiger partial charge < -0.3 is 5.32 Å². The minimum atomic E-state index is -4.43. The average molecular weight is 437 g/mol. The number of nitrogens with one attached hydrogen (secondary N) is 1. The first-order valence-electron chi connectivity index (χ1n) is 9.86. The molecule has 2 aromatic heterocycles. The predicted octanol–water partition coefficient (Wildman–Crippen LogP) is 6.07. The Hall–Kier alpha value is -3.93. The number of halogens is 4. The van der Waals surface area contributed by atoms with E-state index in [2.05, 4.69) is 21.4 Å². The van der Waals surface area contributed by atoms with Gasteiger partial charge in [0.2, 0.25) is 0 Å². The minimum absolute atomic E-state index is 0.226. The van der Waals surface area contributed by atoms with E-state index in [1.165, 1.54) is 30.3 Å². The summed E-state index contributed by atoms with van der Waals surface area (Å²) in [5, 5.41) is 12.5. The SMILES string of the molecule is N#Cc1cc(Nc2ccc(C(F)(F)F)cc2)nc(-n2c(C3CC3)nc3ccc(F)cc32)c1. The van der Waals surface area contributed by atoms with E-state index in [1.807, 2.05) is 0 Å². The van der Waals surface area contributed by atoms with E-state index >= 15 is 0 Å². The second-order valence-electron chi connectivity index (χ2n) is 7.62. The normalized spacial score (nSPS) is 13.8. The molecule has 0 atom stereocenters. The van der Waals surface area contributed by atoms with Crippen LogP contribution in [0.4, 0.5) is 29.1 Å². The van der Waals surface area contributed by atoms with Crippen molar-refractivity contribution in [1.29, 1.82) is 5.26 Å². The zero-order chi connectivity index (χ0) is 22.5. The molecule has 160 valence electrons. The minimum Gasteiger partial charge on any atom is -0.340 e. The maximum atomic E-state index is 14.0. The van der Waals surface area contributed by atoms with Crippen molar-refractivity contribution in [3.05, 3.63) is 77.4 Å². The van der Waals surface area contributed by atoms with Crippen LogP contribution in [0, 0.1) is 17.1 Å². The van der Waals surface area contributed by atoms with Gasteiger partial charge >= 0.3 is 6.18 Å². The lowest BCUT2D eigenvalue weighted by Crippen LogP contribution is -2.06. The Balaban J connectivity index is 1.58. The van der Waals surface area contributed by atoms with Crippen molar-refractivity contribution in [2.24, 2.45) is 0 Å². The summed E-state index contributed by atoms with van der Waals surface area (Å²) in [5.74, 6) is 1.21. The first-order chi connectivity index (χ1) is 15.3. The highest BCUT2D eigenvalue weighted by Crippen LogP contribution is 2.42. The smallest absolute Gasteiger partial charge is 0.340 e. The number of imidazole rings is 1. The fourth-order valence-electron chi connectivity index (χ4n) is 3.57. The summed E-state index contributed by atoms with van der Waals surface area (Å²) in [6, 6.07) is 14.0. The van der Waals surface area contributed by atoms with E-state index in [9.17, 15) is 22.8 Å². The fourth-order valence-corrected chi connectivity index (χ4v) is 3.57. The third-order valence-corrected chi connectivity index (χ3v) is 5.24. The van der Waals surface area contributed by atoms with Crippen molar-refractivity contribution in [1.82, 2.24) is 14.5 Å². The molecule has 1 fully saturated rings. The van der Waals surface area contributed by atoms with Crippen molar-refractivity contribution < 1.29 is 17.6 Å². The molecular formula is C23H15F4N5. The molecule has 0 amide bonds. The van der Waals surface area contributed by atoms with Crippen LogP contribution in [0.25, 0.3) is 16.9 Å². The van der Waals surface area contributed by atoms with Crippen LogP contribution in [0.5, 0.6) is 0 Å². The summed E-state index contributed by atoms with van der Waals surface area (Å²) >= 11 is 0. The van der Waals surface area contributed by atoms with Gasteiger partial charge in [0.25, 0.3) is 0 Å². The molecule has 2 heterocycles. The van der Waals surface area contributed by atoms with Crippen LogP contribution < -0.4 is 5.32 Å². The van der Waals surface area contributed by atoms with E-state index in [0.29, 0.717) is 28.1 Å². The van der Waals surface area contributed by atoms with Crippen molar-refractivity contribution in [2.45, 2.75) is 24.9 Å². The van der Waals surface area contributed by atoms with Gasteiger partial charge in [-0.3, -0.25) is 4.57 Å². The van der Waals surface area contributed by atoms with Gasteiger partial charge in [-0.15, -0.1) is 0 Å². The van der Waals surface area contributed by atoms with Gasteiger partial charge in [-0.05, 0) is 61.4 Å². The molecule has 0 radical (unpaired) electrons. The van der Waals surface area contributed by atoms with Crippen molar-refractivity contribution in [2.75, 3.05) is 5.32 Å². The molecule has 0 unspecified atom stereocenters. The van der Waals surface area contributed by atoms with Crippen LogP contribution in [0.1, 0.15) is 35.7 Å². The first-order valence-corrected chi connectivity index (χ1v) is 9.86. The lowest BCUT2D eigenvalue weighted by Gasteiger charge is -2.13. The van der Waals surface area contributed by atoms with E-state index in [0.717, 1.165) is 30.8 Å². The molecule has 1 aliphatic rings. The number of nitriles is 1. The Morgan fingerprint density at radius 2 is 1.75 bits per heavy atom. The third-order valence-electron chi connectivity index (χ3n) is 5.24. The Bertz CT molecular complexity index is 1360. The Morgan fingerprint density at radius 1 is 1.00 bits per heavy atom. The number of benzene rings is 2. The molecule has 1 N–H and O–H groups in total. The molecular weight excluding hydrogens is 422 g/mol. The van der Waals surface area contributed by atoms with Crippen LogP contribution >= 0.6 is 0 Å².